The van der Waals surface area contributed by atoms with E-state index in [1.54, 1.807) is 57.2 Å². The molecule has 0 aliphatic heterocycles. The van der Waals surface area contributed by atoms with Crippen molar-refractivity contribution in [2.45, 2.75) is 33.4 Å². The van der Waals surface area contributed by atoms with E-state index in [0.29, 0.717) is 16.6 Å². The second kappa shape index (κ2) is 11.0. The lowest BCUT2D eigenvalue weighted by molar-refractivity contribution is -0.139. The molecule has 0 fully saturated rings. The van der Waals surface area contributed by atoms with Gasteiger partial charge in [-0.3, -0.25) is 13.9 Å². The highest BCUT2D eigenvalue weighted by Crippen LogP contribution is 2.25. The molecule has 0 aromatic heterocycles. The summed E-state index contributed by atoms with van der Waals surface area (Å²) in [7, 11) is -3.80. The van der Waals surface area contributed by atoms with Crippen molar-refractivity contribution in [1.29, 1.82) is 0 Å². The average Bonchev–Trinajstić information content (AvgIpc) is 2.72. The van der Waals surface area contributed by atoms with Crippen molar-refractivity contribution in [3.8, 4) is 0 Å². The number of hydrogen-bond acceptors (Lipinski definition) is 4. The summed E-state index contributed by atoms with van der Waals surface area (Å²) in [5, 5.41) is 3.63. The topological polar surface area (TPSA) is 86.8 Å². The number of hydrogen-bond donors (Lipinski definition) is 1. The number of nitrogens with zero attached hydrogens (tertiary/aromatic N) is 2. The van der Waals surface area contributed by atoms with Crippen LogP contribution in [0.2, 0.25) is 10.0 Å². The van der Waals surface area contributed by atoms with E-state index in [1.807, 2.05) is 0 Å². The fourth-order valence-corrected chi connectivity index (χ4v) is 4.18. The van der Waals surface area contributed by atoms with Gasteiger partial charge in [0.2, 0.25) is 21.8 Å². The molecule has 1 N–H and O–H groups in total. The number of anilines is 1. The number of halogens is 2. The van der Waals surface area contributed by atoms with Gasteiger partial charge >= 0.3 is 0 Å². The lowest BCUT2D eigenvalue weighted by Gasteiger charge is -2.31. The van der Waals surface area contributed by atoms with Crippen molar-refractivity contribution in [2.24, 2.45) is 0 Å². The quantitative estimate of drug-likeness (QED) is 0.570. The molecule has 0 unspecified atom stereocenters. The van der Waals surface area contributed by atoms with Crippen LogP contribution in [-0.4, -0.2) is 50.5 Å². The molecular weight excluding hydrogens is 473 g/mol. The number of rotatable bonds is 9. The summed E-state index contributed by atoms with van der Waals surface area (Å²) in [5.41, 5.74) is 1.81. The number of carbonyl (C=O) groups excluding carboxylic acids is 2. The Morgan fingerprint density at radius 2 is 1.72 bits per heavy atom. The first-order chi connectivity index (χ1) is 14.9. The molecule has 2 amide bonds. The zero-order chi connectivity index (χ0) is 24.1. The highest BCUT2D eigenvalue weighted by molar-refractivity contribution is 7.92. The minimum Gasteiger partial charge on any atom is -0.355 e. The third-order valence-corrected chi connectivity index (χ3v) is 6.71. The largest absolute Gasteiger partial charge is 0.355 e. The molecule has 0 bridgehead atoms. The van der Waals surface area contributed by atoms with Crippen LogP contribution >= 0.6 is 23.2 Å². The number of amides is 2. The summed E-state index contributed by atoms with van der Waals surface area (Å²) in [4.78, 5) is 27.2. The SMILES string of the molecule is CCNC(=O)[C@@H](C)N(Cc1ccc(Cl)cc1)C(=O)CN(c1ccc(C)c(Cl)c1)S(C)(=O)=O. The molecule has 0 aliphatic rings. The summed E-state index contributed by atoms with van der Waals surface area (Å²) in [5.74, 6) is -0.861. The second-order valence-corrected chi connectivity index (χ2v) is 10.2. The van der Waals surface area contributed by atoms with Gasteiger partial charge in [-0.15, -0.1) is 0 Å². The van der Waals surface area contributed by atoms with Crippen LogP contribution in [0.15, 0.2) is 42.5 Å². The lowest BCUT2D eigenvalue weighted by Crippen LogP contribution is -2.51. The van der Waals surface area contributed by atoms with Crippen LogP contribution in [0.5, 0.6) is 0 Å². The predicted octanol–water partition coefficient (Wildman–Crippen LogP) is 3.62. The minimum atomic E-state index is -3.80. The van der Waals surface area contributed by atoms with Crippen LogP contribution in [0.4, 0.5) is 5.69 Å². The van der Waals surface area contributed by atoms with Crippen molar-refractivity contribution in [1.82, 2.24) is 10.2 Å². The van der Waals surface area contributed by atoms with Gasteiger partial charge < -0.3 is 10.2 Å². The van der Waals surface area contributed by atoms with E-state index in [4.69, 9.17) is 23.2 Å². The standard InChI is InChI=1S/C22H27Cl2N3O4S/c1-5-25-22(29)16(3)26(13-17-7-9-18(23)10-8-17)21(28)14-27(32(4,30)31)19-11-6-15(2)20(24)12-19/h6-12,16H,5,13-14H2,1-4H3,(H,25,29)/t16-/m1/s1. The van der Waals surface area contributed by atoms with E-state index in [1.165, 1.54) is 11.0 Å². The molecule has 0 heterocycles. The molecule has 2 rings (SSSR count). The number of sulfonamides is 1. The highest BCUT2D eigenvalue weighted by atomic mass is 35.5. The van der Waals surface area contributed by atoms with Crippen molar-refractivity contribution in [2.75, 3.05) is 23.7 Å². The molecule has 1 atom stereocenters. The smallest absolute Gasteiger partial charge is 0.244 e. The van der Waals surface area contributed by atoms with Crippen LogP contribution in [0.1, 0.15) is 25.0 Å². The maximum atomic E-state index is 13.3. The van der Waals surface area contributed by atoms with Gasteiger partial charge in [0.25, 0.3) is 0 Å². The van der Waals surface area contributed by atoms with Gasteiger partial charge in [-0.05, 0) is 56.2 Å². The van der Waals surface area contributed by atoms with E-state index in [0.717, 1.165) is 21.7 Å². The van der Waals surface area contributed by atoms with Crippen LogP contribution in [-0.2, 0) is 26.2 Å². The van der Waals surface area contributed by atoms with Crippen LogP contribution in [0.3, 0.4) is 0 Å². The normalized spacial score (nSPS) is 12.2. The first kappa shape index (κ1) is 26.0. The number of aryl methyl sites for hydroxylation is 1. The lowest BCUT2D eigenvalue weighted by atomic mass is 10.1. The first-order valence-corrected chi connectivity index (χ1v) is 12.6. The highest BCUT2D eigenvalue weighted by Gasteiger charge is 2.30. The summed E-state index contributed by atoms with van der Waals surface area (Å²) in [6, 6.07) is 10.8. The van der Waals surface area contributed by atoms with Crippen molar-refractivity contribution >= 4 is 50.7 Å². The molecule has 0 radical (unpaired) electrons. The zero-order valence-electron chi connectivity index (χ0n) is 18.4. The Morgan fingerprint density at radius 3 is 2.25 bits per heavy atom. The Bertz CT molecular complexity index is 1080. The Hall–Kier alpha value is -2.29. The Morgan fingerprint density at radius 1 is 1.09 bits per heavy atom. The van der Waals surface area contributed by atoms with Gasteiger partial charge in [-0.25, -0.2) is 8.42 Å². The summed E-state index contributed by atoms with van der Waals surface area (Å²) < 4.78 is 26.0. The predicted molar refractivity (Wildman–Crippen MR) is 129 cm³/mol. The number of likely N-dealkylation sites (N-methyl/N-ethyl adjacent to an activating group) is 1. The Labute approximate surface area is 199 Å². The first-order valence-electron chi connectivity index (χ1n) is 9.99. The minimum absolute atomic E-state index is 0.112. The second-order valence-electron chi connectivity index (χ2n) is 7.42. The van der Waals surface area contributed by atoms with Crippen LogP contribution in [0, 0.1) is 6.92 Å². The van der Waals surface area contributed by atoms with Gasteiger partial charge in [-0.1, -0.05) is 41.4 Å². The van der Waals surface area contributed by atoms with E-state index in [-0.39, 0.29) is 18.1 Å². The molecule has 10 heteroatoms. The number of benzene rings is 2. The van der Waals surface area contributed by atoms with Gasteiger partial charge in [0.15, 0.2) is 0 Å². The summed E-state index contributed by atoms with van der Waals surface area (Å²) >= 11 is 12.1. The molecule has 0 spiro atoms. The van der Waals surface area contributed by atoms with Gasteiger partial charge in [-0.2, -0.15) is 0 Å². The van der Waals surface area contributed by atoms with Gasteiger partial charge in [0, 0.05) is 23.1 Å². The molecule has 0 saturated heterocycles. The van der Waals surface area contributed by atoms with E-state index < -0.39 is 28.5 Å². The van der Waals surface area contributed by atoms with E-state index in [2.05, 4.69) is 5.32 Å². The third-order valence-electron chi connectivity index (χ3n) is 4.91. The molecule has 7 nitrogen and oxygen atoms in total. The third kappa shape index (κ3) is 6.85. The number of carbonyl (C=O) groups is 2. The maximum Gasteiger partial charge on any atom is 0.244 e. The summed E-state index contributed by atoms with van der Waals surface area (Å²) in [6.07, 6.45) is 1.02. The Balaban J connectivity index is 2.39. The van der Waals surface area contributed by atoms with Crippen molar-refractivity contribution in [3.05, 3.63) is 63.6 Å². The van der Waals surface area contributed by atoms with Crippen LogP contribution in [0.25, 0.3) is 0 Å². The molecule has 174 valence electrons. The monoisotopic (exact) mass is 499 g/mol. The van der Waals surface area contributed by atoms with Gasteiger partial charge in [0.1, 0.15) is 12.6 Å². The molecule has 2 aromatic rings. The molecule has 0 saturated carbocycles. The molecule has 32 heavy (non-hydrogen) atoms. The average molecular weight is 500 g/mol. The van der Waals surface area contributed by atoms with E-state index in [9.17, 15) is 18.0 Å². The van der Waals surface area contributed by atoms with Crippen LogP contribution < -0.4 is 9.62 Å². The fourth-order valence-electron chi connectivity index (χ4n) is 3.04. The Kier molecular flexibility index (Phi) is 8.95. The van der Waals surface area contributed by atoms with Crippen molar-refractivity contribution < 1.29 is 18.0 Å². The van der Waals surface area contributed by atoms with Crippen molar-refractivity contribution in [3.63, 3.8) is 0 Å². The molecular formula is C22H27Cl2N3O4S. The fraction of sp³-hybridized carbons (Fsp3) is 0.364. The maximum absolute atomic E-state index is 13.3. The molecule has 2 aromatic carbocycles. The molecule has 0 aliphatic carbocycles. The number of nitrogens with one attached hydrogen (secondary N) is 1. The van der Waals surface area contributed by atoms with E-state index >= 15 is 0 Å². The van der Waals surface area contributed by atoms with Gasteiger partial charge in [0.05, 0.1) is 11.9 Å². The zero-order valence-corrected chi connectivity index (χ0v) is 20.8. The summed E-state index contributed by atoms with van der Waals surface area (Å²) in [6.45, 7) is 5.22.